The van der Waals surface area contributed by atoms with Gasteiger partial charge in [0.25, 0.3) is 0 Å². The van der Waals surface area contributed by atoms with Gasteiger partial charge in [-0.05, 0) is 35.9 Å². The zero-order valence-corrected chi connectivity index (χ0v) is 13.1. The highest BCUT2D eigenvalue weighted by Gasteiger charge is 2.11. The van der Waals surface area contributed by atoms with E-state index in [-0.39, 0.29) is 5.82 Å². The van der Waals surface area contributed by atoms with Gasteiger partial charge in [0.05, 0.1) is 30.0 Å². The van der Waals surface area contributed by atoms with Crippen molar-refractivity contribution >= 4 is 28.9 Å². The predicted octanol–water partition coefficient (Wildman–Crippen LogP) is 4.76. The molecule has 0 saturated heterocycles. The fraction of sp³-hybridized carbons (Fsp3) is 0.200. The number of ether oxygens (including phenoxy) is 2. The average molecular weight is 330 g/mol. The van der Waals surface area contributed by atoms with Gasteiger partial charge in [0.1, 0.15) is 5.82 Å². The van der Waals surface area contributed by atoms with Gasteiger partial charge in [-0.2, -0.15) is 0 Å². The third-order valence-electron chi connectivity index (χ3n) is 2.91. The van der Waals surface area contributed by atoms with E-state index in [1.54, 1.807) is 19.2 Å². The molecule has 0 fully saturated rings. The molecule has 0 aliphatic heterocycles. The molecule has 21 heavy (non-hydrogen) atoms. The second kappa shape index (κ2) is 6.87. The van der Waals surface area contributed by atoms with Crippen molar-refractivity contribution < 1.29 is 13.9 Å². The molecule has 0 aromatic heterocycles. The number of nitrogens with one attached hydrogen (secondary N) is 1. The fourth-order valence-corrected chi connectivity index (χ4v) is 2.45. The summed E-state index contributed by atoms with van der Waals surface area (Å²) < 4.78 is 23.4. The van der Waals surface area contributed by atoms with Gasteiger partial charge in [0.2, 0.25) is 0 Å². The highest BCUT2D eigenvalue weighted by molar-refractivity contribution is 6.33. The summed E-state index contributed by atoms with van der Waals surface area (Å²) in [5, 5.41) is 3.90. The van der Waals surface area contributed by atoms with Gasteiger partial charge in [0.15, 0.2) is 11.5 Å². The van der Waals surface area contributed by atoms with Crippen LogP contribution in [0.1, 0.15) is 5.56 Å². The SMILES string of the molecule is COc1cc(CNc2ccc(F)cc2Cl)cc(Cl)c1OC. The van der Waals surface area contributed by atoms with E-state index in [2.05, 4.69) is 5.32 Å². The van der Waals surface area contributed by atoms with Gasteiger partial charge in [-0.1, -0.05) is 23.2 Å². The van der Waals surface area contributed by atoms with Crippen molar-refractivity contribution in [2.24, 2.45) is 0 Å². The summed E-state index contributed by atoms with van der Waals surface area (Å²) in [4.78, 5) is 0. The van der Waals surface area contributed by atoms with Crippen molar-refractivity contribution in [3.8, 4) is 11.5 Å². The molecular formula is C15H14Cl2FNO2. The molecule has 0 unspecified atom stereocenters. The number of rotatable bonds is 5. The second-order valence-electron chi connectivity index (χ2n) is 4.29. The number of benzene rings is 2. The molecule has 3 nitrogen and oxygen atoms in total. The first kappa shape index (κ1) is 15.7. The summed E-state index contributed by atoms with van der Waals surface area (Å²) in [7, 11) is 3.07. The van der Waals surface area contributed by atoms with E-state index in [1.807, 2.05) is 6.07 Å². The Balaban J connectivity index is 2.18. The van der Waals surface area contributed by atoms with Crippen LogP contribution in [0.4, 0.5) is 10.1 Å². The Kier molecular flexibility index (Phi) is 5.15. The van der Waals surface area contributed by atoms with Crippen LogP contribution in [-0.2, 0) is 6.54 Å². The summed E-state index contributed by atoms with van der Waals surface area (Å²) in [5.74, 6) is 0.662. The van der Waals surface area contributed by atoms with E-state index in [0.717, 1.165) is 5.56 Å². The lowest BCUT2D eigenvalue weighted by Gasteiger charge is -2.13. The van der Waals surface area contributed by atoms with Crippen LogP contribution in [0.2, 0.25) is 10.0 Å². The Morgan fingerprint density at radius 1 is 1.05 bits per heavy atom. The standard InChI is InChI=1S/C15H14Cl2FNO2/c1-20-14-6-9(5-12(17)15(14)21-2)8-19-13-4-3-10(18)7-11(13)16/h3-7,19H,8H2,1-2H3. The Morgan fingerprint density at radius 3 is 2.43 bits per heavy atom. The molecule has 2 rings (SSSR count). The molecule has 0 radical (unpaired) electrons. The van der Waals surface area contributed by atoms with E-state index >= 15 is 0 Å². The molecule has 2 aromatic carbocycles. The van der Waals surface area contributed by atoms with Crippen molar-refractivity contribution in [3.63, 3.8) is 0 Å². The van der Waals surface area contributed by atoms with Crippen LogP contribution in [0.15, 0.2) is 30.3 Å². The van der Waals surface area contributed by atoms with E-state index < -0.39 is 0 Å². The highest BCUT2D eigenvalue weighted by Crippen LogP contribution is 2.36. The predicted molar refractivity (Wildman–Crippen MR) is 83.3 cm³/mol. The zero-order valence-electron chi connectivity index (χ0n) is 11.5. The van der Waals surface area contributed by atoms with Crippen LogP contribution in [0.25, 0.3) is 0 Å². The van der Waals surface area contributed by atoms with Crippen molar-refractivity contribution in [1.82, 2.24) is 0 Å². The van der Waals surface area contributed by atoms with Crippen molar-refractivity contribution in [2.75, 3.05) is 19.5 Å². The lowest BCUT2D eigenvalue weighted by molar-refractivity contribution is 0.355. The summed E-state index contributed by atoms with van der Waals surface area (Å²) in [6.45, 7) is 0.464. The van der Waals surface area contributed by atoms with Gasteiger partial charge in [-0.15, -0.1) is 0 Å². The molecule has 0 aliphatic rings. The van der Waals surface area contributed by atoms with Crippen LogP contribution in [0.5, 0.6) is 11.5 Å². The Hall–Kier alpha value is -1.65. The number of halogens is 3. The minimum absolute atomic E-state index is 0.321. The lowest BCUT2D eigenvalue weighted by atomic mass is 10.2. The molecule has 112 valence electrons. The average Bonchev–Trinajstić information content (AvgIpc) is 2.45. The fourth-order valence-electron chi connectivity index (χ4n) is 1.90. The maximum Gasteiger partial charge on any atom is 0.179 e. The van der Waals surface area contributed by atoms with E-state index in [0.29, 0.717) is 33.8 Å². The molecule has 0 amide bonds. The monoisotopic (exact) mass is 329 g/mol. The zero-order chi connectivity index (χ0) is 15.4. The van der Waals surface area contributed by atoms with E-state index in [1.165, 1.54) is 19.2 Å². The molecule has 0 saturated carbocycles. The Bertz CT molecular complexity index is 650. The summed E-state index contributed by atoms with van der Waals surface area (Å²) in [5.41, 5.74) is 1.53. The topological polar surface area (TPSA) is 30.5 Å². The van der Waals surface area contributed by atoms with Gasteiger partial charge in [-0.25, -0.2) is 4.39 Å². The Labute approximate surface area is 132 Å². The third-order valence-corrected chi connectivity index (χ3v) is 3.50. The van der Waals surface area contributed by atoms with Crippen molar-refractivity contribution in [1.29, 1.82) is 0 Å². The van der Waals surface area contributed by atoms with E-state index in [9.17, 15) is 4.39 Å². The number of anilines is 1. The van der Waals surface area contributed by atoms with Crippen LogP contribution in [0, 0.1) is 5.82 Å². The summed E-state index contributed by atoms with van der Waals surface area (Å²) >= 11 is 12.1. The Morgan fingerprint density at radius 2 is 1.81 bits per heavy atom. The maximum absolute atomic E-state index is 13.0. The third kappa shape index (κ3) is 3.71. The van der Waals surface area contributed by atoms with Gasteiger partial charge >= 0.3 is 0 Å². The van der Waals surface area contributed by atoms with Crippen LogP contribution < -0.4 is 14.8 Å². The van der Waals surface area contributed by atoms with Crippen molar-refractivity contribution in [3.05, 3.63) is 51.8 Å². The number of hydrogen-bond acceptors (Lipinski definition) is 3. The normalized spacial score (nSPS) is 10.3. The lowest BCUT2D eigenvalue weighted by Crippen LogP contribution is -2.01. The van der Waals surface area contributed by atoms with Crippen LogP contribution in [0.3, 0.4) is 0 Å². The van der Waals surface area contributed by atoms with Crippen LogP contribution >= 0.6 is 23.2 Å². The molecule has 2 aromatic rings. The van der Waals surface area contributed by atoms with Gasteiger partial charge in [0, 0.05) is 6.54 Å². The molecule has 0 bridgehead atoms. The maximum atomic E-state index is 13.0. The van der Waals surface area contributed by atoms with E-state index in [4.69, 9.17) is 32.7 Å². The summed E-state index contributed by atoms with van der Waals surface area (Å²) in [6.07, 6.45) is 0. The minimum atomic E-state index is -0.375. The van der Waals surface area contributed by atoms with Gasteiger partial charge in [-0.3, -0.25) is 0 Å². The molecule has 6 heteroatoms. The number of hydrogen-bond donors (Lipinski definition) is 1. The smallest absolute Gasteiger partial charge is 0.179 e. The molecule has 0 atom stereocenters. The molecule has 1 N–H and O–H groups in total. The largest absolute Gasteiger partial charge is 0.493 e. The van der Waals surface area contributed by atoms with Crippen molar-refractivity contribution in [2.45, 2.75) is 6.54 Å². The highest BCUT2D eigenvalue weighted by atomic mass is 35.5. The second-order valence-corrected chi connectivity index (χ2v) is 5.11. The first-order valence-corrected chi connectivity index (χ1v) is 6.90. The minimum Gasteiger partial charge on any atom is -0.493 e. The first-order valence-electron chi connectivity index (χ1n) is 6.14. The van der Waals surface area contributed by atoms with Crippen LogP contribution in [-0.4, -0.2) is 14.2 Å². The van der Waals surface area contributed by atoms with Gasteiger partial charge < -0.3 is 14.8 Å². The summed E-state index contributed by atoms with van der Waals surface area (Å²) in [6, 6.07) is 7.77. The quantitative estimate of drug-likeness (QED) is 0.857. The molecule has 0 spiro atoms. The molecular weight excluding hydrogens is 316 g/mol. The molecule has 0 heterocycles. The molecule has 0 aliphatic carbocycles. The number of methoxy groups -OCH3 is 2. The first-order chi connectivity index (χ1) is 10.0.